The quantitative estimate of drug-likeness (QED) is 0.282. The summed E-state index contributed by atoms with van der Waals surface area (Å²) in [5.41, 5.74) is 0.397. The number of hydrogen-bond donors (Lipinski definition) is 3. The van der Waals surface area contributed by atoms with E-state index in [2.05, 4.69) is 10.0 Å². The van der Waals surface area contributed by atoms with Crippen molar-refractivity contribution in [2.45, 2.75) is 69.9 Å². The van der Waals surface area contributed by atoms with Gasteiger partial charge in [-0.25, -0.2) is 23.1 Å². The summed E-state index contributed by atoms with van der Waals surface area (Å²) in [5, 5.41) is 14.3. The van der Waals surface area contributed by atoms with Crippen LogP contribution >= 0.6 is 0 Å². The van der Waals surface area contributed by atoms with Crippen LogP contribution in [-0.2, 0) is 28.7 Å². The molecule has 0 aliphatic carbocycles. The van der Waals surface area contributed by atoms with E-state index in [1.54, 1.807) is 31.2 Å². The van der Waals surface area contributed by atoms with Crippen molar-refractivity contribution in [2.75, 3.05) is 13.7 Å². The van der Waals surface area contributed by atoms with Crippen LogP contribution in [-0.4, -0.2) is 44.6 Å². The minimum Gasteiger partial charge on any atom is -0.493 e. The highest BCUT2D eigenvalue weighted by Crippen LogP contribution is 2.45. The first kappa shape index (κ1) is 31.6. The SMILES string of the molecule is COc1cc(C(=O)CCC(C)(O)c2cc3c(c(-c4ccc(F)cc4)n2)OC[C@@]3(C)NS(=O)C(C)(C)C)cc2c1OC(=O)NC2. The fourth-order valence-corrected chi connectivity index (χ4v) is 5.93. The number of methoxy groups -OCH3 is 1. The maximum atomic E-state index is 13.8. The molecule has 1 amide bonds. The number of halogens is 1. The van der Waals surface area contributed by atoms with Gasteiger partial charge in [0.05, 0.1) is 34.1 Å². The molecule has 10 nitrogen and oxygen atoms in total. The molecule has 2 unspecified atom stereocenters. The van der Waals surface area contributed by atoms with Crippen LogP contribution in [0, 0.1) is 5.82 Å². The van der Waals surface area contributed by atoms with Crippen molar-refractivity contribution in [3.63, 3.8) is 0 Å². The molecule has 0 saturated carbocycles. The largest absolute Gasteiger partial charge is 0.493 e. The first-order valence-corrected chi connectivity index (χ1v) is 15.3. The summed E-state index contributed by atoms with van der Waals surface area (Å²) in [5.74, 6) is 0.313. The summed E-state index contributed by atoms with van der Waals surface area (Å²) < 4.78 is 46.3. The molecular weight excluding hydrogens is 589 g/mol. The average molecular weight is 626 g/mol. The molecule has 0 radical (unpaired) electrons. The number of ether oxygens (including phenoxy) is 3. The van der Waals surface area contributed by atoms with E-state index in [1.807, 2.05) is 27.7 Å². The van der Waals surface area contributed by atoms with E-state index in [9.17, 15) is 23.3 Å². The summed E-state index contributed by atoms with van der Waals surface area (Å²) >= 11 is 0. The molecule has 3 atom stereocenters. The number of fused-ring (bicyclic) bond motifs is 2. The van der Waals surface area contributed by atoms with Gasteiger partial charge in [-0.1, -0.05) is 0 Å². The number of benzene rings is 2. The third-order valence-electron chi connectivity index (χ3n) is 7.75. The minimum atomic E-state index is -1.57. The smallest absolute Gasteiger partial charge is 0.413 e. The number of ketones is 1. The number of nitrogens with one attached hydrogen (secondary N) is 2. The van der Waals surface area contributed by atoms with Crippen molar-refractivity contribution in [3.05, 3.63) is 70.7 Å². The molecule has 234 valence electrons. The Morgan fingerprint density at radius 2 is 1.89 bits per heavy atom. The maximum Gasteiger partial charge on any atom is 0.413 e. The number of rotatable bonds is 9. The normalized spacial score (nSPS) is 19.5. The first-order chi connectivity index (χ1) is 20.6. The molecule has 2 aliphatic heterocycles. The van der Waals surface area contributed by atoms with Crippen LogP contribution in [0.4, 0.5) is 9.18 Å². The molecular formula is C32H36FN3O7S. The van der Waals surface area contributed by atoms with Crippen LogP contribution in [0.3, 0.4) is 0 Å². The Hall–Kier alpha value is -3.87. The van der Waals surface area contributed by atoms with E-state index in [-0.39, 0.29) is 49.0 Å². The van der Waals surface area contributed by atoms with Crippen LogP contribution in [0.2, 0.25) is 0 Å². The molecule has 3 aromatic rings. The lowest BCUT2D eigenvalue weighted by Gasteiger charge is -2.30. The third kappa shape index (κ3) is 6.19. The van der Waals surface area contributed by atoms with E-state index in [4.69, 9.17) is 19.2 Å². The van der Waals surface area contributed by atoms with Gasteiger partial charge in [-0.05, 0) is 83.5 Å². The van der Waals surface area contributed by atoms with Crippen molar-refractivity contribution in [1.82, 2.24) is 15.0 Å². The van der Waals surface area contributed by atoms with Crippen molar-refractivity contribution >= 4 is 22.9 Å². The van der Waals surface area contributed by atoms with Gasteiger partial charge in [0.25, 0.3) is 0 Å². The zero-order chi connectivity index (χ0) is 32.0. The van der Waals surface area contributed by atoms with Crippen molar-refractivity contribution in [1.29, 1.82) is 0 Å². The van der Waals surface area contributed by atoms with Gasteiger partial charge in [0, 0.05) is 35.2 Å². The van der Waals surface area contributed by atoms with Crippen LogP contribution in [0.15, 0.2) is 42.5 Å². The van der Waals surface area contributed by atoms with E-state index < -0.39 is 38.8 Å². The number of nitrogens with zero attached hydrogens (tertiary/aromatic N) is 1. The van der Waals surface area contributed by atoms with Crippen molar-refractivity contribution in [2.24, 2.45) is 0 Å². The van der Waals surface area contributed by atoms with Gasteiger partial charge < -0.3 is 24.6 Å². The molecule has 12 heteroatoms. The van der Waals surface area contributed by atoms with Crippen LogP contribution in [0.1, 0.15) is 74.6 Å². The van der Waals surface area contributed by atoms with Crippen LogP contribution < -0.4 is 24.2 Å². The second kappa shape index (κ2) is 11.6. The van der Waals surface area contributed by atoms with Gasteiger partial charge in [-0.2, -0.15) is 0 Å². The predicted octanol–water partition coefficient (Wildman–Crippen LogP) is 5.03. The molecule has 5 rings (SSSR count). The summed E-state index contributed by atoms with van der Waals surface area (Å²) in [6, 6.07) is 10.7. The third-order valence-corrected chi connectivity index (χ3v) is 9.50. The Balaban J connectivity index is 1.48. The summed E-state index contributed by atoms with van der Waals surface area (Å²) in [6.45, 7) is 9.38. The highest BCUT2D eigenvalue weighted by molar-refractivity contribution is 7.84. The average Bonchev–Trinajstić information content (AvgIpc) is 3.30. The van der Waals surface area contributed by atoms with Crippen LogP contribution in [0.25, 0.3) is 11.3 Å². The first-order valence-electron chi connectivity index (χ1n) is 14.2. The number of amides is 1. The topological polar surface area (TPSA) is 136 Å². The van der Waals surface area contributed by atoms with Crippen LogP contribution in [0.5, 0.6) is 17.2 Å². The Labute approximate surface area is 257 Å². The van der Waals surface area contributed by atoms with E-state index in [1.165, 1.54) is 25.3 Å². The Bertz CT molecular complexity index is 1640. The van der Waals surface area contributed by atoms with Gasteiger partial charge >= 0.3 is 6.09 Å². The van der Waals surface area contributed by atoms with Gasteiger partial charge in [0.1, 0.15) is 23.7 Å². The maximum absolute atomic E-state index is 13.8. The molecule has 0 spiro atoms. The molecule has 3 heterocycles. The molecule has 0 bridgehead atoms. The van der Waals surface area contributed by atoms with E-state index >= 15 is 0 Å². The summed E-state index contributed by atoms with van der Waals surface area (Å²) in [7, 11) is -0.0193. The summed E-state index contributed by atoms with van der Waals surface area (Å²) in [6.07, 6.45) is -0.618. The fourth-order valence-electron chi connectivity index (χ4n) is 5.05. The Morgan fingerprint density at radius 1 is 1.18 bits per heavy atom. The van der Waals surface area contributed by atoms with E-state index in [0.29, 0.717) is 33.7 Å². The fraction of sp³-hybridized carbons (Fsp3) is 0.406. The monoisotopic (exact) mass is 625 g/mol. The molecule has 2 aliphatic rings. The van der Waals surface area contributed by atoms with Gasteiger partial charge in [0.2, 0.25) is 0 Å². The number of hydrogen-bond acceptors (Lipinski definition) is 8. The number of Topliss-reactive ketones (excluding diaryl/α,β-unsaturated/α-hetero) is 1. The second-order valence-corrected chi connectivity index (χ2v) is 14.4. The Kier molecular flexibility index (Phi) is 8.29. The number of aromatic nitrogens is 1. The Morgan fingerprint density at radius 3 is 2.55 bits per heavy atom. The minimum absolute atomic E-state index is 0.0199. The number of carbonyl (C=O) groups excluding carboxylic acids is 2. The van der Waals surface area contributed by atoms with Crippen molar-refractivity contribution < 1.29 is 37.5 Å². The molecule has 0 saturated heterocycles. The lowest BCUT2D eigenvalue weighted by Crippen LogP contribution is -2.47. The highest BCUT2D eigenvalue weighted by atomic mass is 32.2. The molecule has 44 heavy (non-hydrogen) atoms. The highest BCUT2D eigenvalue weighted by Gasteiger charge is 2.43. The van der Waals surface area contributed by atoms with Gasteiger partial charge in [-0.3, -0.25) is 4.79 Å². The number of pyridine rings is 1. The molecule has 0 fully saturated rings. The summed E-state index contributed by atoms with van der Waals surface area (Å²) in [4.78, 5) is 29.8. The molecule has 3 N–H and O–H groups in total. The van der Waals surface area contributed by atoms with Gasteiger partial charge in [0.15, 0.2) is 23.0 Å². The second-order valence-electron chi connectivity index (χ2n) is 12.5. The number of aliphatic hydroxyl groups is 1. The molecule has 2 aromatic carbocycles. The molecule has 1 aromatic heterocycles. The zero-order valence-electron chi connectivity index (χ0n) is 25.5. The number of carbonyl (C=O) groups is 2. The zero-order valence-corrected chi connectivity index (χ0v) is 26.3. The van der Waals surface area contributed by atoms with Crippen molar-refractivity contribution in [3.8, 4) is 28.5 Å². The lowest BCUT2D eigenvalue weighted by molar-refractivity contribution is 0.0396. The van der Waals surface area contributed by atoms with Gasteiger partial charge in [-0.15, -0.1) is 0 Å². The lowest BCUT2D eigenvalue weighted by atomic mass is 9.87. The van der Waals surface area contributed by atoms with E-state index in [0.717, 1.165) is 0 Å². The standard InChI is InChI=1S/C32H36FN3O7S/c1-30(2,3)44(40)36-31(4)17-42-28-22(31)15-25(35-26(28)18-7-9-21(33)10-8-18)32(5,39)12-11-23(37)19-13-20-16-34-29(38)43-27(20)24(14-19)41-6/h7-10,13-15,36,39H,11-12,16-17H2,1-6H3,(H,34,38)/t31-,32?,44?/m1/s1. The predicted molar refractivity (Wildman–Crippen MR) is 163 cm³/mol.